The number of nitro benzene ring substituents is 1. The molecule has 1 aliphatic rings. The number of nitro groups is 1. The van der Waals surface area contributed by atoms with Gasteiger partial charge in [-0.3, -0.25) is 19.9 Å². The third kappa shape index (κ3) is 4.02. The fourth-order valence-corrected chi connectivity index (χ4v) is 4.05. The standard InChI is InChI=1S/C21H23N5O3/c1-24-11-4-5-15(14-24)9-12-25-21(27)18-8-3-10-22-20(18)19(23-25)16-6-2-7-17(13-16)26(28)29/h2-3,6-8,10,13,15H,4-5,9,11-12,14H2,1H3. The number of aryl methyl sites for hydroxylation is 1. The predicted octanol–water partition coefficient (Wildman–Crippen LogP) is 3.10. The largest absolute Gasteiger partial charge is 0.306 e. The van der Waals surface area contributed by atoms with Crippen LogP contribution >= 0.6 is 0 Å². The molecule has 0 N–H and O–H groups in total. The number of hydrogen-bond donors (Lipinski definition) is 0. The van der Waals surface area contributed by atoms with Gasteiger partial charge >= 0.3 is 0 Å². The molecule has 29 heavy (non-hydrogen) atoms. The highest BCUT2D eigenvalue weighted by atomic mass is 16.6. The van der Waals surface area contributed by atoms with E-state index in [0.717, 1.165) is 25.9 Å². The second-order valence-corrected chi connectivity index (χ2v) is 7.64. The summed E-state index contributed by atoms with van der Waals surface area (Å²) in [5, 5.41) is 16.2. The summed E-state index contributed by atoms with van der Waals surface area (Å²) in [6.45, 7) is 2.67. The minimum Gasteiger partial charge on any atom is -0.306 e. The first kappa shape index (κ1) is 19.2. The van der Waals surface area contributed by atoms with Gasteiger partial charge in [0.2, 0.25) is 0 Å². The van der Waals surface area contributed by atoms with Gasteiger partial charge in [0.15, 0.2) is 0 Å². The van der Waals surface area contributed by atoms with Crippen molar-refractivity contribution in [3.63, 3.8) is 0 Å². The van der Waals surface area contributed by atoms with Gasteiger partial charge in [0, 0.05) is 37.0 Å². The van der Waals surface area contributed by atoms with E-state index >= 15 is 0 Å². The van der Waals surface area contributed by atoms with Gasteiger partial charge in [0.1, 0.15) is 11.2 Å². The van der Waals surface area contributed by atoms with E-state index < -0.39 is 4.92 Å². The molecule has 4 rings (SSSR count). The zero-order valence-electron chi connectivity index (χ0n) is 16.3. The number of pyridine rings is 1. The number of non-ortho nitro benzene ring substituents is 1. The molecule has 1 aliphatic heterocycles. The van der Waals surface area contributed by atoms with Gasteiger partial charge in [0.25, 0.3) is 11.2 Å². The number of benzene rings is 1. The quantitative estimate of drug-likeness (QED) is 0.488. The molecular weight excluding hydrogens is 370 g/mol. The van der Waals surface area contributed by atoms with E-state index in [1.54, 1.807) is 30.5 Å². The Morgan fingerprint density at radius 1 is 1.28 bits per heavy atom. The third-order valence-electron chi connectivity index (χ3n) is 5.52. The fourth-order valence-electron chi connectivity index (χ4n) is 4.05. The second kappa shape index (κ2) is 8.08. The van der Waals surface area contributed by atoms with Gasteiger partial charge in [-0.25, -0.2) is 4.68 Å². The van der Waals surface area contributed by atoms with E-state index in [0.29, 0.717) is 34.6 Å². The first-order valence-corrected chi connectivity index (χ1v) is 9.82. The molecule has 0 spiro atoms. The van der Waals surface area contributed by atoms with Crippen LogP contribution in [-0.4, -0.2) is 44.7 Å². The Morgan fingerprint density at radius 2 is 2.14 bits per heavy atom. The predicted molar refractivity (Wildman–Crippen MR) is 111 cm³/mol. The Bertz CT molecular complexity index is 1110. The molecule has 150 valence electrons. The van der Waals surface area contributed by atoms with Crippen LogP contribution in [0.5, 0.6) is 0 Å². The Balaban J connectivity index is 1.74. The fraction of sp³-hybridized carbons (Fsp3) is 0.381. The number of nitrogens with zero attached hydrogens (tertiary/aromatic N) is 5. The number of rotatable bonds is 5. The van der Waals surface area contributed by atoms with Crippen molar-refractivity contribution in [2.75, 3.05) is 20.1 Å². The summed E-state index contributed by atoms with van der Waals surface area (Å²) in [5.41, 5.74) is 1.34. The lowest BCUT2D eigenvalue weighted by molar-refractivity contribution is -0.384. The van der Waals surface area contributed by atoms with Gasteiger partial charge in [-0.1, -0.05) is 12.1 Å². The maximum atomic E-state index is 13.0. The average Bonchev–Trinajstić information content (AvgIpc) is 2.73. The Hall–Kier alpha value is -3.13. The highest BCUT2D eigenvalue weighted by Crippen LogP contribution is 2.26. The van der Waals surface area contributed by atoms with Crippen molar-refractivity contribution >= 4 is 16.6 Å². The summed E-state index contributed by atoms with van der Waals surface area (Å²) in [7, 11) is 2.12. The van der Waals surface area contributed by atoms with Crippen LogP contribution in [0.2, 0.25) is 0 Å². The van der Waals surface area contributed by atoms with E-state index in [9.17, 15) is 14.9 Å². The molecule has 0 aliphatic carbocycles. The molecule has 8 nitrogen and oxygen atoms in total. The topological polar surface area (TPSA) is 94.2 Å². The molecule has 0 radical (unpaired) electrons. The monoisotopic (exact) mass is 393 g/mol. The zero-order valence-corrected chi connectivity index (χ0v) is 16.3. The van der Waals surface area contributed by atoms with Crippen LogP contribution in [0.25, 0.3) is 22.2 Å². The molecule has 0 saturated carbocycles. The maximum Gasteiger partial charge on any atom is 0.276 e. The number of fused-ring (bicyclic) bond motifs is 1. The van der Waals surface area contributed by atoms with Gasteiger partial charge in [-0.2, -0.15) is 5.10 Å². The molecule has 0 amide bonds. The molecular formula is C21H23N5O3. The smallest absolute Gasteiger partial charge is 0.276 e. The van der Waals surface area contributed by atoms with E-state index in [1.165, 1.54) is 23.2 Å². The van der Waals surface area contributed by atoms with Crippen molar-refractivity contribution in [1.29, 1.82) is 0 Å². The molecule has 0 bridgehead atoms. The number of piperidine rings is 1. The second-order valence-electron chi connectivity index (χ2n) is 7.64. The zero-order chi connectivity index (χ0) is 20.4. The summed E-state index contributed by atoms with van der Waals surface area (Å²) in [4.78, 5) is 30.4. The van der Waals surface area contributed by atoms with Crippen LogP contribution in [0.3, 0.4) is 0 Å². The van der Waals surface area contributed by atoms with Crippen molar-refractivity contribution in [1.82, 2.24) is 19.7 Å². The summed E-state index contributed by atoms with van der Waals surface area (Å²) in [6.07, 6.45) is 4.81. The van der Waals surface area contributed by atoms with Gasteiger partial charge < -0.3 is 4.90 Å². The first-order valence-electron chi connectivity index (χ1n) is 9.82. The van der Waals surface area contributed by atoms with Gasteiger partial charge in [-0.15, -0.1) is 0 Å². The van der Waals surface area contributed by atoms with Crippen molar-refractivity contribution in [3.05, 3.63) is 63.1 Å². The van der Waals surface area contributed by atoms with E-state index in [2.05, 4.69) is 22.0 Å². The Kier molecular flexibility index (Phi) is 5.35. The van der Waals surface area contributed by atoms with Crippen molar-refractivity contribution < 1.29 is 4.92 Å². The Labute approximate surface area is 167 Å². The lowest BCUT2D eigenvalue weighted by atomic mass is 9.95. The lowest BCUT2D eigenvalue weighted by Gasteiger charge is -2.29. The average molecular weight is 393 g/mol. The minimum absolute atomic E-state index is 0.0172. The summed E-state index contributed by atoms with van der Waals surface area (Å²) in [5.74, 6) is 0.535. The minimum atomic E-state index is -0.436. The van der Waals surface area contributed by atoms with Crippen LogP contribution in [0.15, 0.2) is 47.4 Å². The number of likely N-dealkylation sites (tertiary alicyclic amines) is 1. The van der Waals surface area contributed by atoms with Crippen LogP contribution < -0.4 is 5.56 Å². The molecule has 8 heteroatoms. The molecule has 1 fully saturated rings. The van der Waals surface area contributed by atoms with E-state index in [1.807, 2.05) is 0 Å². The Morgan fingerprint density at radius 3 is 2.93 bits per heavy atom. The van der Waals surface area contributed by atoms with Gasteiger partial charge in [0.05, 0.1) is 10.3 Å². The molecule has 1 atom stereocenters. The number of hydrogen-bond acceptors (Lipinski definition) is 6. The van der Waals surface area contributed by atoms with Crippen molar-refractivity contribution in [2.24, 2.45) is 5.92 Å². The maximum absolute atomic E-state index is 13.0. The first-order chi connectivity index (χ1) is 14.0. The van der Waals surface area contributed by atoms with Crippen molar-refractivity contribution in [3.8, 4) is 11.3 Å². The molecule has 2 aromatic heterocycles. The van der Waals surface area contributed by atoms with Crippen LogP contribution in [-0.2, 0) is 6.54 Å². The molecule has 1 unspecified atom stereocenters. The molecule has 1 saturated heterocycles. The van der Waals surface area contributed by atoms with E-state index in [-0.39, 0.29) is 11.2 Å². The van der Waals surface area contributed by atoms with E-state index in [4.69, 9.17) is 0 Å². The van der Waals surface area contributed by atoms with Crippen molar-refractivity contribution in [2.45, 2.75) is 25.8 Å². The number of aromatic nitrogens is 3. The SMILES string of the molecule is CN1CCCC(CCn2nc(-c3cccc([N+](=O)[O-])c3)c3ncccc3c2=O)C1. The summed E-state index contributed by atoms with van der Waals surface area (Å²) in [6, 6.07) is 9.75. The van der Waals surface area contributed by atoms with Crippen LogP contribution in [0.1, 0.15) is 19.3 Å². The normalized spacial score (nSPS) is 17.5. The molecule has 1 aromatic carbocycles. The summed E-state index contributed by atoms with van der Waals surface area (Å²) >= 11 is 0. The molecule has 3 heterocycles. The molecule has 3 aromatic rings. The third-order valence-corrected chi connectivity index (χ3v) is 5.52. The summed E-state index contributed by atoms with van der Waals surface area (Å²) < 4.78 is 1.49. The highest BCUT2D eigenvalue weighted by molar-refractivity contribution is 5.90. The van der Waals surface area contributed by atoms with Crippen LogP contribution in [0.4, 0.5) is 5.69 Å². The van der Waals surface area contributed by atoms with Crippen LogP contribution in [0, 0.1) is 16.0 Å². The van der Waals surface area contributed by atoms with Gasteiger partial charge in [-0.05, 0) is 50.9 Å². The highest BCUT2D eigenvalue weighted by Gasteiger charge is 2.19. The lowest BCUT2D eigenvalue weighted by Crippen LogP contribution is -2.33.